The molecule has 2 amide bonds. The fourth-order valence-electron chi connectivity index (χ4n) is 4.96. The Morgan fingerprint density at radius 3 is 2.72 bits per heavy atom. The SMILES string of the molecule is Cc1c#cc(CCC(=O)N2CC[C@@]3(C)[C@H](CCC(=O)N3[C@H](CO)C(C)C)C2)cc1. The van der Waals surface area contributed by atoms with Crippen molar-refractivity contribution in [1.29, 1.82) is 0 Å². The predicted octanol–water partition coefficient (Wildman–Crippen LogP) is 2.77. The minimum absolute atomic E-state index is 0.0154. The normalized spacial score (nSPS) is 25.6. The van der Waals surface area contributed by atoms with Gasteiger partial charge in [0.05, 0.1) is 12.6 Å². The van der Waals surface area contributed by atoms with Crippen LogP contribution in [0.2, 0.25) is 0 Å². The van der Waals surface area contributed by atoms with Gasteiger partial charge in [-0.25, -0.2) is 0 Å². The van der Waals surface area contributed by atoms with Crippen LogP contribution in [0.5, 0.6) is 0 Å². The molecule has 2 aliphatic rings. The lowest BCUT2D eigenvalue weighted by molar-refractivity contribution is -0.162. The number of amides is 2. The largest absolute Gasteiger partial charge is 0.394 e. The van der Waals surface area contributed by atoms with Crippen LogP contribution in [-0.4, -0.2) is 58.0 Å². The van der Waals surface area contributed by atoms with E-state index in [0.717, 1.165) is 24.0 Å². The second kappa shape index (κ2) is 8.75. The molecular formula is C24H34N2O3. The van der Waals surface area contributed by atoms with E-state index in [0.29, 0.717) is 32.4 Å². The summed E-state index contributed by atoms with van der Waals surface area (Å²) >= 11 is 0. The molecule has 2 fully saturated rings. The van der Waals surface area contributed by atoms with Gasteiger partial charge in [0.2, 0.25) is 11.8 Å². The number of carbonyl (C=O) groups excluding carboxylic acids is 2. The molecule has 0 aromatic heterocycles. The molecule has 3 atom stereocenters. The summed E-state index contributed by atoms with van der Waals surface area (Å²) in [6, 6.07) is 10.0. The summed E-state index contributed by atoms with van der Waals surface area (Å²) < 4.78 is 0. The summed E-state index contributed by atoms with van der Waals surface area (Å²) in [6.45, 7) is 9.58. The van der Waals surface area contributed by atoms with Crippen molar-refractivity contribution >= 4 is 11.8 Å². The Morgan fingerprint density at radius 1 is 1.34 bits per heavy atom. The lowest BCUT2D eigenvalue weighted by Crippen LogP contribution is -2.68. The van der Waals surface area contributed by atoms with E-state index >= 15 is 0 Å². The molecule has 3 rings (SSSR count). The first-order valence-electron chi connectivity index (χ1n) is 10.9. The number of rotatable bonds is 6. The van der Waals surface area contributed by atoms with E-state index in [1.807, 2.05) is 28.9 Å². The third-order valence-corrected chi connectivity index (χ3v) is 6.94. The Hall–Kier alpha value is -2.06. The summed E-state index contributed by atoms with van der Waals surface area (Å²) in [5.74, 6) is 0.765. The molecule has 2 saturated heterocycles. The average Bonchev–Trinajstić information content (AvgIpc) is 2.69. The van der Waals surface area contributed by atoms with Gasteiger partial charge in [0, 0.05) is 43.0 Å². The lowest BCUT2D eigenvalue weighted by atomic mass is 9.71. The minimum atomic E-state index is -0.288. The highest BCUT2D eigenvalue weighted by molar-refractivity contribution is 5.79. The van der Waals surface area contributed by atoms with Crippen LogP contribution in [0.1, 0.15) is 57.6 Å². The van der Waals surface area contributed by atoms with Crippen LogP contribution in [-0.2, 0) is 16.0 Å². The van der Waals surface area contributed by atoms with E-state index in [4.69, 9.17) is 0 Å². The van der Waals surface area contributed by atoms with Crippen molar-refractivity contribution in [2.24, 2.45) is 11.8 Å². The highest BCUT2D eigenvalue weighted by Gasteiger charge is 2.51. The van der Waals surface area contributed by atoms with E-state index in [1.54, 1.807) is 0 Å². The maximum atomic E-state index is 12.8. The number of aliphatic hydroxyl groups excluding tert-OH is 1. The zero-order valence-electron chi connectivity index (χ0n) is 18.2. The third kappa shape index (κ3) is 4.43. The second-order valence-corrected chi connectivity index (χ2v) is 9.23. The summed E-state index contributed by atoms with van der Waals surface area (Å²) in [6.07, 6.45) is 3.23. The standard InChI is InChI=1S/C24H34N2O3/c1-17(2)21(16-27)26-23(29)12-10-20-15-25(14-13-24(20,26)4)22(28)11-9-19-7-5-18(3)6-8-19/h5,7,17,20-21,27H,9-16H2,1-4H3/t20-,21-,24+/m1/s1. The molecule has 0 bridgehead atoms. The summed E-state index contributed by atoms with van der Waals surface area (Å²) in [4.78, 5) is 29.6. The number of hydrogen-bond donors (Lipinski definition) is 1. The number of carbonyl (C=O) groups is 2. The predicted molar refractivity (Wildman–Crippen MR) is 112 cm³/mol. The quantitative estimate of drug-likeness (QED) is 0.802. The van der Waals surface area contributed by atoms with Crippen LogP contribution in [0.25, 0.3) is 0 Å². The summed E-state index contributed by atoms with van der Waals surface area (Å²) in [7, 11) is 0. The van der Waals surface area contributed by atoms with E-state index < -0.39 is 0 Å². The van der Waals surface area contributed by atoms with Gasteiger partial charge in [0.1, 0.15) is 0 Å². The molecule has 0 saturated carbocycles. The van der Waals surface area contributed by atoms with Crippen LogP contribution < -0.4 is 0 Å². The Kier molecular flexibility index (Phi) is 6.53. The summed E-state index contributed by atoms with van der Waals surface area (Å²) in [5, 5.41) is 9.94. The maximum absolute atomic E-state index is 12.8. The fraction of sp³-hybridized carbons (Fsp3) is 0.667. The average molecular weight is 399 g/mol. The molecule has 0 unspecified atom stereocenters. The van der Waals surface area contributed by atoms with Gasteiger partial charge in [-0.05, 0) is 50.7 Å². The monoisotopic (exact) mass is 398 g/mol. The van der Waals surface area contributed by atoms with Crippen LogP contribution >= 0.6 is 0 Å². The lowest BCUT2D eigenvalue weighted by Gasteiger charge is -2.57. The fourth-order valence-corrected chi connectivity index (χ4v) is 4.96. The van der Waals surface area contributed by atoms with Gasteiger partial charge in [-0.15, -0.1) is 0 Å². The van der Waals surface area contributed by atoms with Crippen molar-refractivity contribution in [1.82, 2.24) is 9.80 Å². The number of likely N-dealkylation sites (tertiary alicyclic amines) is 2. The number of piperidine rings is 2. The van der Waals surface area contributed by atoms with E-state index in [9.17, 15) is 14.7 Å². The molecule has 0 spiro atoms. The Morgan fingerprint density at radius 2 is 2.10 bits per heavy atom. The van der Waals surface area contributed by atoms with Gasteiger partial charge in [0.15, 0.2) is 0 Å². The van der Waals surface area contributed by atoms with Crippen molar-refractivity contribution in [3.05, 3.63) is 35.4 Å². The van der Waals surface area contributed by atoms with Gasteiger partial charge in [-0.1, -0.05) is 32.0 Å². The molecule has 29 heavy (non-hydrogen) atoms. The molecule has 158 valence electrons. The Labute approximate surface area is 175 Å². The first-order chi connectivity index (χ1) is 13.8. The van der Waals surface area contributed by atoms with Crippen LogP contribution in [0.15, 0.2) is 12.1 Å². The van der Waals surface area contributed by atoms with Crippen molar-refractivity contribution in [2.75, 3.05) is 19.7 Å². The van der Waals surface area contributed by atoms with Crippen LogP contribution in [0.3, 0.4) is 0 Å². The molecule has 1 N–H and O–H groups in total. The molecule has 2 aliphatic heterocycles. The number of fused-ring (bicyclic) bond motifs is 1. The number of hydrogen-bond acceptors (Lipinski definition) is 3. The molecule has 0 aliphatic carbocycles. The van der Waals surface area contributed by atoms with Gasteiger partial charge in [-0.3, -0.25) is 9.59 Å². The molecule has 0 radical (unpaired) electrons. The number of aryl methyl sites for hydroxylation is 2. The van der Waals surface area contributed by atoms with Crippen LogP contribution in [0.4, 0.5) is 0 Å². The van der Waals surface area contributed by atoms with Gasteiger partial charge in [0.25, 0.3) is 0 Å². The van der Waals surface area contributed by atoms with Gasteiger partial charge >= 0.3 is 0 Å². The molecule has 5 nitrogen and oxygen atoms in total. The van der Waals surface area contributed by atoms with Crippen molar-refractivity contribution < 1.29 is 14.7 Å². The summed E-state index contributed by atoms with van der Waals surface area (Å²) in [5.41, 5.74) is 1.78. The molecule has 1 aromatic rings. The van der Waals surface area contributed by atoms with Crippen molar-refractivity contribution in [3.63, 3.8) is 0 Å². The first kappa shape index (κ1) is 21.6. The van der Waals surface area contributed by atoms with Crippen molar-refractivity contribution in [3.8, 4) is 0 Å². The molecule has 2 heterocycles. The van der Waals surface area contributed by atoms with E-state index in [2.05, 4.69) is 32.9 Å². The van der Waals surface area contributed by atoms with Gasteiger partial charge in [-0.2, -0.15) is 0 Å². The van der Waals surface area contributed by atoms with Crippen LogP contribution in [0, 0.1) is 30.9 Å². The first-order valence-corrected chi connectivity index (χ1v) is 10.9. The van der Waals surface area contributed by atoms with Gasteiger partial charge < -0.3 is 14.9 Å². The second-order valence-electron chi connectivity index (χ2n) is 9.23. The van der Waals surface area contributed by atoms with E-state index in [1.165, 1.54) is 0 Å². The topological polar surface area (TPSA) is 60.9 Å². The van der Waals surface area contributed by atoms with E-state index in [-0.39, 0.29) is 41.8 Å². The number of nitrogens with zero attached hydrogens (tertiary/aromatic N) is 2. The number of aliphatic hydroxyl groups is 1. The third-order valence-electron chi connectivity index (χ3n) is 6.94. The van der Waals surface area contributed by atoms with Crippen molar-refractivity contribution in [2.45, 2.75) is 71.4 Å². The molecule has 5 heteroatoms. The smallest absolute Gasteiger partial charge is 0.223 e. The zero-order chi connectivity index (χ0) is 21.2. The highest BCUT2D eigenvalue weighted by Crippen LogP contribution is 2.42. The maximum Gasteiger partial charge on any atom is 0.223 e. The Bertz CT molecular complexity index is 730. The Balaban J connectivity index is 1.66. The minimum Gasteiger partial charge on any atom is -0.394 e. The zero-order valence-corrected chi connectivity index (χ0v) is 18.2. The highest BCUT2D eigenvalue weighted by atomic mass is 16.3. The molecule has 1 aromatic carbocycles. The molecular weight excluding hydrogens is 364 g/mol.